The average Bonchev–Trinajstić information content (AvgIpc) is 1.38. The molecule has 0 heterocycles. The highest BCUT2D eigenvalue weighted by Gasteiger charge is 1.75. The summed E-state index contributed by atoms with van der Waals surface area (Å²) in [5, 5.41) is 2.69. The fourth-order valence-electron chi connectivity index (χ4n) is 0. The lowest BCUT2D eigenvalue weighted by molar-refractivity contribution is 0.684. The first-order valence-corrected chi connectivity index (χ1v) is 1.15. The maximum Gasteiger partial charge on any atom is 0.168 e. The second kappa shape index (κ2) is 1.80. The summed E-state index contributed by atoms with van der Waals surface area (Å²) in [5.41, 5.74) is 15.5. The van der Waals surface area contributed by atoms with E-state index in [4.69, 9.17) is 17.0 Å². The van der Waals surface area contributed by atoms with E-state index < -0.39 is 6.29 Å². The van der Waals surface area contributed by atoms with Gasteiger partial charge in [-0.1, -0.05) is 0 Å². The molecule has 0 aliphatic heterocycles. The van der Waals surface area contributed by atoms with Crippen LogP contribution in [0.25, 0.3) is 0 Å². The molecule has 0 amide bonds. The topological polar surface area (TPSA) is 88.2 Å². The highest BCUT2D eigenvalue weighted by Crippen LogP contribution is 1.55. The molecule has 0 spiro atoms. The fourth-order valence-corrected chi connectivity index (χ4v) is 0. The number of hydrogen-bond acceptors (Lipinski definition) is 4. The third-order valence-corrected chi connectivity index (χ3v) is 0.149. The summed E-state index contributed by atoms with van der Waals surface area (Å²) >= 11 is 0. The van der Waals surface area contributed by atoms with Crippen molar-refractivity contribution in [3.8, 4) is 0 Å². The van der Waals surface area contributed by atoms with Gasteiger partial charge in [-0.2, -0.15) is 5.11 Å². The third kappa shape index (κ3) is 3.52. The van der Waals surface area contributed by atoms with Crippen molar-refractivity contribution in [2.24, 2.45) is 16.6 Å². The number of nitrogens with two attached hydrogens (primary N) is 2. The summed E-state index contributed by atoms with van der Waals surface area (Å²) in [4.78, 5) is 0. The van der Waals surface area contributed by atoms with Crippen molar-refractivity contribution in [3.05, 3.63) is 0 Å². The molecule has 5 N–H and O–H groups in total. The van der Waals surface area contributed by atoms with Crippen molar-refractivity contribution < 1.29 is 0 Å². The molecule has 0 aromatic rings. The van der Waals surface area contributed by atoms with Gasteiger partial charge >= 0.3 is 0 Å². The van der Waals surface area contributed by atoms with Crippen molar-refractivity contribution in [1.29, 1.82) is 5.53 Å². The second-order valence-corrected chi connectivity index (χ2v) is 0.620. The Balaban J connectivity index is 2.83. The third-order valence-electron chi connectivity index (χ3n) is 0.149. The lowest BCUT2D eigenvalue weighted by Crippen LogP contribution is -2.26. The van der Waals surface area contributed by atoms with Gasteiger partial charge in [0.1, 0.15) is 0 Å². The molecule has 0 saturated carbocycles. The van der Waals surface area contributed by atoms with Crippen LogP contribution in [0.2, 0.25) is 0 Å². The summed E-state index contributed by atoms with van der Waals surface area (Å²) in [5.74, 6) is 0. The minimum Gasteiger partial charge on any atom is -0.296 e. The lowest BCUT2D eigenvalue weighted by Gasteiger charge is -1.85. The number of hydrogen-bond donors (Lipinski definition) is 3. The molecule has 4 heteroatoms. The molecule has 0 aliphatic carbocycles. The highest BCUT2D eigenvalue weighted by atomic mass is 15.2. The molecule has 0 radical (unpaired) electrons. The Labute approximate surface area is 29.7 Å². The van der Waals surface area contributed by atoms with Gasteiger partial charge in [0.25, 0.3) is 0 Å². The van der Waals surface area contributed by atoms with E-state index in [1.165, 1.54) is 0 Å². The van der Waals surface area contributed by atoms with E-state index in [0.29, 0.717) is 0 Å². The van der Waals surface area contributed by atoms with Gasteiger partial charge in [-0.25, -0.2) is 5.53 Å². The molecule has 0 aromatic heterocycles. The summed E-state index contributed by atoms with van der Waals surface area (Å²) < 4.78 is 0. The Kier molecular flexibility index (Phi) is 1.63. The Morgan fingerprint density at radius 3 is 1.80 bits per heavy atom. The summed E-state index contributed by atoms with van der Waals surface area (Å²) in [7, 11) is 0. The molecular weight excluding hydrogens is 68.0 g/mol. The van der Waals surface area contributed by atoms with Crippen LogP contribution in [0.1, 0.15) is 0 Å². The average molecular weight is 74.1 g/mol. The van der Waals surface area contributed by atoms with Crippen LogP contribution < -0.4 is 11.5 Å². The zero-order valence-corrected chi connectivity index (χ0v) is 2.68. The minimum atomic E-state index is -0.824. The van der Waals surface area contributed by atoms with Crippen molar-refractivity contribution in [2.75, 3.05) is 0 Å². The second-order valence-electron chi connectivity index (χ2n) is 0.620. The molecule has 0 saturated heterocycles. The molecule has 0 unspecified atom stereocenters. The molecule has 0 atom stereocenters. The summed E-state index contributed by atoms with van der Waals surface area (Å²) in [6.45, 7) is 0. The smallest absolute Gasteiger partial charge is 0.168 e. The van der Waals surface area contributed by atoms with Crippen LogP contribution >= 0.6 is 0 Å². The standard InChI is InChI=1S/CH6N4/c2-1(3)5-4/h1,4H,2-3H2. The Bertz CT molecular complexity index is 30.6. The molecule has 0 rings (SSSR count). The van der Waals surface area contributed by atoms with Gasteiger partial charge in [-0.05, 0) is 0 Å². The van der Waals surface area contributed by atoms with Crippen LogP contribution in [-0.2, 0) is 0 Å². The summed E-state index contributed by atoms with van der Waals surface area (Å²) in [6, 6.07) is 0. The van der Waals surface area contributed by atoms with E-state index >= 15 is 0 Å². The Morgan fingerprint density at radius 2 is 1.80 bits per heavy atom. The van der Waals surface area contributed by atoms with Crippen LogP contribution in [0.15, 0.2) is 5.11 Å². The Morgan fingerprint density at radius 1 is 1.60 bits per heavy atom. The van der Waals surface area contributed by atoms with Gasteiger partial charge in [0, 0.05) is 0 Å². The van der Waals surface area contributed by atoms with Crippen LogP contribution in [0.5, 0.6) is 0 Å². The maximum absolute atomic E-state index is 6.03. The molecule has 30 valence electrons. The first-order chi connectivity index (χ1) is 2.27. The number of nitrogens with zero attached hydrogens (tertiary/aromatic N) is 1. The van der Waals surface area contributed by atoms with Crippen LogP contribution in [-0.4, -0.2) is 6.29 Å². The molecular formula is CH6N4. The first-order valence-electron chi connectivity index (χ1n) is 1.15. The van der Waals surface area contributed by atoms with Gasteiger partial charge in [0.2, 0.25) is 0 Å². The largest absolute Gasteiger partial charge is 0.296 e. The van der Waals surface area contributed by atoms with Gasteiger partial charge in [-0.15, -0.1) is 0 Å². The predicted octanol–water partition coefficient (Wildman–Crippen LogP) is -0.782. The fraction of sp³-hybridized carbons (Fsp3) is 1.00. The zero-order valence-electron chi connectivity index (χ0n) is 2.68. The lowest BCUT2D eigenvalue weighted by atomic mass is 11.0. The van der Waals surface area contributed by atoms with Gasteiger partial charge in [0.15, 0.2) is 6.29 Å². The van der Waals surface area contributed by atoms with Crippen molar-refractivity contribution in [1.82, 2.24) is 0 Å². The van der Waals surface area contributed by atoms with E-state index in [1.807, 2.05) is 0 Å². The van der Waals surface area contributed by atoms with E-state index in [1.54, 1.807) is 0 Å². The van der Waals surface area contributed by atoms with E-state index in [9.17, 15) is 0 Å². The molecule has 0 bridgehead atoms. The monoisotopic (exact) mass is 74.1 g/mol. The summed E-state index contributed by atoms with van der Waals surface area (Å²) in [6.07, 6.45) is -0.824. The van der Waals surface area contributed by atoms with Gasteiger partial charge in [-0.3, -0.25) is 11.5 Å². The molecule has 4 nitrogen and oxygen atoms in total. The van der Waals surface area contributed by atoms with E-state index in [0.717, 1.165) is 0 Å². The van der Waals surface area contributed by atoms with Crippen LogP contribution in [0, 0.1) is 5.53 Å². The minimum absolute atomic E-state index is 0.824. The highest BCUT2D eigenvalue weighted by molar-refractivity contribution is 4.31. The van der Waals surface area contributed by atoms with Crippen molar-refractivity contribution >= 4 is 0 Å². The Hall–Kier alpha value is -0.480. The SMILES string of the molecule is N=NC(N)N. The molecule has 0 fully saturated rings. The van der Waals surface area contributed by atoms with Crippen molar-refractivity contribution in [3.63, 3.8) is 0 Å². The van der Waals surface area contributed by atoms with E-state index in [-0.39, 0.29) is 0 Å². The molecule has 5 heavy (non-hydrogen) atoms. The normalized spacial score (nSPS) is 8.60. The van der Waals surface area contributed by atoms with Crippen LogP contribution in [0.4, 0.5) is 0 Å². The number of nitrogens with one attached hydrogen (secondary N) is 1. The van der Waals surface area contributed by atoms with E-state index in [2.05, 4.69) is 5.11 Å². The van der Waals surface area contributed by atoms with Gasteiger partial charge in [0.05, 0.1) is 0 Å². The van der Waals surface area contributed by atoms with Gasteiger partial charge < -0.3 is 0 Å². The first kappa shape index (κ1) is 4.52. The zero-order chi connectivity index (χ0) is 4.28. The maximum atomic E-state index is 6.03. The molecule has 0 aromatic carbocycles. The number of rotatable bonds is 1. The van der Waals surface area contributed by atoms with Crippen molar-refractivity contribution in [2.45, 2.75) is 6.29 Å². The van der Waals surface area contributed by atoms with Crippen LogP contribution in [0.3, 0.4) is 0 Å². The quantitative estimate of drug-likeness (QED) is 0.281. The predicted molar refractivity (Wildman–Crippen MR) is 17.3 cm³/mol. The molecule has 0 aliphatic rings.